The Kier molecular flexibility index (Phi) is 5.09. The summed E-state index contributed by atoms with van der Waals surface area (Å²) in [4.78, 5) is 0. The summed E-state index contributed by atoms with van der Waals surface area (Å²) in [6.07, 6.45) is 4.79. The van der Waals surface area contributed by atoms with E-state index >= 15 is 0 Å². The van der Waals surface area contributed by atoms with E-state index in [-0.39, 0.29) is 17.4 Å². The van der Waals surface area contributed by atoms with Gasteiger partial charge < -0.3 is 11.1 Å². The van der Waals surface area contributed by atoms with Crippen LogP contribution in [0.1, 0.15) is 36.8 Å². The summed E-state index contributed by atoms with van der Waals surface area (Å²) in [5.41, 5.74) is 8.15. The number of halogens is 1. The van der Waals surface area contributed by atoms with Gasteiger partial charge in [-0.15, -0.1) is 0 Å². The van der Waals surface area contributed by atoms with Crippen LogP contribution in [0.4, 0.5) is 4.39 Å². The van der Waals surface area contributed by atoms with Crippen molar-refractivity contribution in [1.29, 1.82) is 0 Å². The van der Waals surface area contributed by atoms with Crippen molar-refractivity contribution < 1.29 is 4.39 Å². The molecule has 1 aliphatic carbocycles. The van der Waals surface area contributed by atoms with E-state index in [9.17, 15) is 4.39 Å². The molecule has 0 radical (unpaired) electrons. The van der Waals surface area contributed by atoms with Crippen LogP contribution in [-0.2, 0) is 13.0 Å². The Morgan fingerprint density at radius 1 is 1.09 bits per heavy atom. The van der Waals surface area contributed by atoms with Gasteiger partial charge in [0.05, 0.1) is 0 Å². The van der Waals surface area contributed by atoms with Crippen LogP contribution in [0.15, 0.2) is 54.6 Å². The molecule has 23 heavy (non-hydrogen) atoms. The highest BCUT2D eigenvalue weighted by Gasteiger charge is 2.35. The van der Waals surface area contributed by atoms with E-state index in [2.05, 4.69) is 17.4 Å². The van der Waals surface area contributed by atoms with Crippen LogP contribution in [0, 0.1) is 5.82 Å². The molecule has 0 heterocycles. The molecular weight excluding hydrogens is 287 g/mol. The highest BCUT2D eigenvalue weighted by molar-refractivity contribution is 5.22. The van der Waals surface area contributed by atoms with Crippen LogP contribution in [0.5, 0.6) is 0 Å². The topological polar surface area (TPSA) is 38.0 Å². The second-order valence-electron chi connectivity index (χ2n) is 6.74. The molecule has 2 nitrogen and oxygen atoms in total. The van der Waals surface area contributed by atoms with Gasteiger partial charge >= 0.3 is 0 Å². The molecule has 3 rings (SSSR count). The van der Waals surface area contributed by atoms with Gasteiger partial charge in [0.25, 0.3) is 0 Å². The van der Waals surface area contributed by atoms with Crippen molar-refractivity contribution >= 4 is 0 Å². The molecule has 0 aromatic heterocycles. The first kappa shape index (κ1) is 16.2. The number of nitrogens with one attached hydrogen (secondary N) is 1. The minimum atomic E-state index is -0.118. The maximum absolute atomic E-state index is 14.1. The quantitative estimate of drug-likeness (QED) is 0.881. The summed E-state index contributed by atoms with van der Waals surface area (Å²) < 4.78 is 14.1. The largest absolute Gasteiger partial charge is 0.328 e. The highest BCUT2D eigenvalue weighted by Crippen LogP contribution is 2.32. The molecule has 1 fully saturated rings. The molecule has 3 N–H and O–H groups in total. The molecule has 1 aliphatic rings. The normalized spacial score (nSPS) is 24.5. The molecule has 1 saturated carbocycles. The van der Waals surface area contributed by atoms with E-state index in [0.29, 0.717) is 6.42 Å². The van der Waals surface area contributed by atoms with Crippen molar-refractivity contribution in [2.75, 3.05) is 0 Å². The first-order chi connectivity index (χ1) is 11.2. The zero-order valence-electron chi connectivity index (χ0n) is 13.5. The molecule has 0 aliphatic heterocycles. The molecular formula is C20H25FN2. The Bertz CT molecular complexity index is 629. The maximum Gasteiger partial charge on any atom is 0.126 e. The lowest BCUT2D eigenvalue weighted by molar-refractivity contribution is 0.206. The maximum atomic E-state index is 14.1. The monoisotopic (exact) mass is 312 g/mol. The number of benzene rings is 2. The number of hydrogen-bond acceptors (Lipinski definition) is 2. The fraction of sp³-hybridized carbons (Fsp3) is 0.400. The van der Waals surface area contributed by atoms with E-state index < -0.39 is 0 Å². The first-order valence-corrected chi connectivity index (χ1v) is 8.45. The molecule has 2 aromatic carbocycles. The summed E-state index contributed by atoms with van der Waals surface area (Å²) in [6.45, 7) is 0.794. The van der Waals surface area contributed by atoms with Crippen molar-refractivity contribution in [3.8, 4) is 0 Å². The Morgan fingerprint density at radius 3 is 2.57 bits per heavy atom. The minimum absolute atomic E-state index is 0.115. The number of rotatable bonds is 5. The summed E-state index contributed by atoms with van der Waals surface area (Å²) in [6, 6.07) is 17.6. The predicted molar refractivity (Wildman–Crippen MR) is 92.6 cm³/mol. The first-order valence-electron chi connectivity index (χ1n) is 8.45. The Balaban J connectivity index is 1.78. The van der Waals surface area contributed by atoms with Crippen LogP contribution in [-0.4, -0.2) is 11.6 Å². The van der Waals surface area contributed by atoms with Crippen LogP contribution in [0.3, 0.4) is 0 Å². The Hall–Kier alpha value is -1.71. The van der Waals surface area contributed by atoms with Crippen molar-refractivity contribution in [3.05, 3.63) is 71.5 Å². The standard InChI is InChI=1S/C20H25FN2/c21-19-11-5-4-9-17(19)13-20(12-6-10-18(22)14-20)23-15-16-7-2-1-3-8-16/h1-5,7-9,11,18,23H,6,10,12-15,22H2. The van der Waals surface area contributed by atoms with Crippen LogP contribution in [0.25, 0.3) is 0 Å². The van der Waals surface area contributed by atoms with Gasteiger partial charge in [-0.2, -0.15) is 0 Å². The predicted octanol–water partition coefficient (Wildman–Crippen LogP) is 3.80. The van der Waals surface area contributed by atoms with Crippen LogP contribution >= 0.6 is 0 Å². The average molecular weight is 312 g/mol. The summed E-state index contributed by atoms with van der Waals surface area (Å²) in [7, 11) is 0. The minimum Gasteiger partial charge on any atom is -0.328 e. The molecule has 2 aromatic rings. The number of hydrogen-bond donors (Lipinski definition) is 2. The SMILES string of the molecule is NC1CCCC(Cc2ccccc2F)(NCc2ccccc2)C1. The van der Waals surface area contributed by atoms with Crippen molar-refractivity contribution in [2.45, 2.75) is 50.2 Å². The molecule has 0 bridgehead atoms. The second kappa shape index (κ2) is 7.24. The summed E-state index contributed by atoms with van der Waals surface area (Å²) >= 11 is 0. The lowest BCUT2D eigenvalue weighted by Gasteiger charge is -2.41. The van der Waals surface area contributed by atoms with E-state index in [4.69, 9.17) is 5.73 Å². The molecule has 0 amide bonds. The van der Waals surface area contributed by atoms with Gasteiger partial charge in [-0.05, 0) is 42.9 Å². The van der Waals surface area contributed by atoms with Crippen LogP contribution in [0.2, 0.25) is 0 Å². The molecule has 2 atom stereocenters. The van der Waals surface area contributed by atoms with E-state index in [1.165, 1.54) is 5.56 Å². The van der Waals surface area contributed by atoms with Gasteiger partial charge in [0.1, 0.15) is 5.82 Å². The lowest BCUT2D eigenvalue weighted by Crippen LogP contribution is -2.53. The van der Waals surface area contributed by atoms with Gasteiger partial charge in [0, 0.05) is 18.1 Å². The van der Waals surface area contributed by atoms with Gasteiger partial charge in [0.15, 0.2) is 0 Å². The Morgan fingerprint density at radius 2 is 1.83 bits per heavy atom. The third-order valence-corrected chi connectivity index (χ3v) is 4.88. The highest BCUT2D eigenvalue weighted by atomic mass is 19.1. The van der Waals surface area contributed by atoms with Gasteiger partial charge in [-0.3, -0.25) is 0 Å². The zero-order chi connectivity index (χ0) is 16.1. The molecule has 0 saturated heterocycles. The Labute approximate surface area is 137 Å². The van der Waals surface area contributed by atoms with E-state index in [1.807, 2.05) is 30.3 Å². The fourth-order valence-corrected chi connectivity index (χ4v) is 3.68. The number of nitrogens with two attached hydrogens (primary N) is 1. The smallest absolute Gasteiger partial charge is 0.126 e. The average Bonchev–Trinajstić information content (AvgIpc) is 2.56. The third-order valence-electron chi connectivity index (χ3n) is 4.88. The molecule has 3 heteroatoms. The van der Waals surface area contributed by atoms with Gasteiger partial charge in [-0.1, -0.05) is 55.0 Å². The summed E-state index contributed by atoms with van der Waals surface area (Å²) in [5, 5.41) is 3.71. The molecule has 2 unspecified atom stereocenters. The summed E-state index contributed by atoms with van der Waals surface area (Å²) in [5.74, 6) is -0.118. The van der Waals surface area contributed by atoms with Gasteiger partial charge in [-0.25, -0.2) is 4.39 Å². The van der Waals surface area contributed by atoms with Gasteiger partial charge in [0.2, 0.25) is 0 Å². The lowest BCUT2D eigenvalue weighted by atomic mass is 9.75. The van der Waals surface area contributed by atoms with Crippen molar-refractivity contribution in [2.24, 2.45) is 5.73 Å². The van der Waals surface area contributed by atoms with E-state index in [0.717, 1.165) is 37.8 Å². The van der Waals surface area contributed by atoms with Crippen molar-refractivity contribution in [3.63, 3.8) is 0 Å². The zero-order valence-corrected chi connectivity index (χ0v) is 13.5. The fourth-order valence-electron chi connectivity index (χ4n) is 3.68. The third kappa shape index (κ3) is 4.18. The van der Waals surface area contributed by atoms with Crippen LogP contribution < -0.4 is 11.1 Å². The molecule has 122 valence electrons. The second-order valence-corrected chi connectivity index (χ2v) is 6.74. The molecule has 0 spiro atoms. The van der Waals surface area contributed by atoms with E-state index in [1.54, 1.807) is 12.1 Å². The van der Waals surface area contributed by atoms with Crippen molar-refractivity contribution in [1.82, 2.24) is 5.32 Å².